The topological polar surface area (TPSA) is 90.2 Å². The second-order valence-electron chi connectivity index (χ2n) is 4.39. The summed E-state index contributed by atoms with van der Waals surface area (Å²) in [6, 6.07) is -0.588. The third-order valence-electron chi connectivity index (χ3n) is 3.32. The Morgan fingerprint density at radius 2 is 2.18 bits per heavy atom. The van der Waals surface area contributed by atoms with Crippen LogP contribution >= 0.6 is 0 Å². The normalized spacial score (nSPS) is 41.2. The molecule has 1 amide bonds. The Bertz CT molecular complexity index is 332. The van der Waals surface area contributed by atoms with Crippen LogP contribution in [0.5, 0.6) is 0 Å². The lowest BCUT2D eigenvalue weighted by Gasteiger charge is -2.47. The Morgan fingerprint density at radius 3 is 2.76 bits per heavy atom. The summed E-state index contributed by atoms with van der Waals surface area (Å²) in [5.74, 6) is -0.179. The van der Waals surface area contributed by atoms with Crippen molar-refractivity contribution in [1.29, 1.82) is 0 Å². The van der Waals surface area contributed by atoms with E-state index < -0.39 is 30.5 Å². The minimum Gasteiger partial charge on any atom is -0.394 e. The molecule has 2 rings (SSSR count). The number of amides is 1. The van der Waals surface area contributed by atoms with Crippen LogP contribution in [0.15, 0.2) is 12.2 Å². The maximum absolute atomic E-state index is 11.5. The maximum atomic E-state index is 11.5. The average Bonchev–Trinajstić information content (AvgIpc) is 2.32. The molecule has 0 bridgehead atoms. The van der Waals surface area contributed by atoms with Crippen LogP contribution < -0.4 is 0 Å². The first-order valence-corrected chi connectivity index (χ1v) is 5.62. The van der Waals surface area contributed by atoms with Gasteiger partial charge < -0.3 is 25.0 Å². The molecule has 0 aromatic heterocycles. The third-order valence-corrected chi connectivity index (χ3v) is 3.32. The highest BCUT2D eigenvalue weighted by molar-refractivity contribution is 5.74. The predicted octanol–water partition coefficient (Wildman–Crippen LogP) is -1.75. The number of aliphatic hydroxyl groups is 3. The zero-order valence-corrected chi connectivity index (χ0v) is 9.56. The van der Waals surface area contributed by atoms with Gasteiger partial charge in [0.15, 0.2) is 0 Å². The average molecular weight is 243 g/mol. The number of hydrogen-bond acceptors (Lipinski definition) is 5. The van der Waals surface area contributed by atoms with Crippen molar-refractivity contribution in [2.75, 3.05) is 13.2 Å². The number of carbonyl (C=O) groups excluding carboxylic acids is 1. The first-order chi connectivity index (χ1) is 8.06. The number of rotatable bonds is 1. The van der Waals surface area contributed by atoms with Gasteiger partial charge in [-0.15, -0.1) is 0 Å². The van der Waals surface area contributed by atoms with E-state index in [-0.39, 0.29) is 12.5 Å². The van der Waals surface area contributed by atoms with Crippen LogP contribution in [-0.4, -0.2) is 69.7 Å². The number of carbonyl (C=O) groups is 1. The molecule has 0 spiro atoms. The summed E-state index contributed by atoms with van der Waals surface area (Å²) in [4.78, 5) is 12.9. The van der Waals surface area contributed by atoms with Gasteiger partial charge in [0.25, 0.3) is 0 Å². The minimum atomic E-state index is -1.19. The lowest BCUT2D eigenvalue weighted by Crippen LogP contribution is -2.65. The van der Waals surface area contributed by atoms with Gasteiger partial charge in [-0.25, -0.2) is 0 Å². The van der Waals surface area contributed by atoms with Crippen molar-refractivity contribution in [2.24, 2.45) is 0 Å². The van der Waals surface area contributed by atoms with E-state index in [9.17, 15) is 15.0 Å². The molecule has 6 nitrogen and oxygen atoms in total. The van der Waals surface area contributed by atoms with E-state index >= 15 is 0 Å². The Balaban J connectivity index is 2.24. The summed E-state index contributed by atoms with van der Waals surface area (Å²) in [6.45, 7) is 1.44. The first kappa shape index (κ1) is 12.5. The first-order valence-electron chi connectivity index (χ1n) is 5.62. The van der Waals surface area contributed by atoms with E-state index in [2.05, 4.69) is 0 Å². The molecule has 96 valence electrons. The molecule has 0 radical (unpaired) electrons. The predicted molar refractivity (Wildman–Crippen MR) is 58.1 cm³/mol. The van der Waals surface area contributed by atoms with E-state index in [4.69, 9.17) is 9.84 Å². The van der Waals surface area contributed by atoms with Gasteiger partial charge >= 0.3 is 0 Å². The Hall–Kier alpha value is -0.950. The minimum absolute atomic E-state index is 0.179. The molecule has 0 aromatic rings. The maximum Gasteiger partial charge on any atom is 0.220 e. The fourth-order valence-electron chi connectivity index (χ4n) is 2.42. The summed E-state index contributed by atoms with van der Waals surface area (Å²) >= 11 is 0. The van der Waals surface area contributed by atoms with Crippen molar-refractivity contribution in [3.8, 4) is 0 Å². The number of fused-ring (bicyclic) bond motifs is 1. The van der Waals surface area contributed by atoms with Crippen LogP contribution in [0.4, 0.5) is 0 Å². The molecular weight excluding hydrogens is 226 g/mol. The van der Waals surface area contributed by atoms with Gasteiger partial charge in [-0.1, -0.05) is 12.2 Å². The van der Waals surface area contributed by atoms with Crippen LogP contribution in [0, 0.1) is 0 Å². The molecule has 0 unspecified atom stereocenters. The molecule has 2 aliphatic rings. The van der Waals surface area contributed by atoms with Crippen LogP contribution in [-0.2, 0) is 9.53 Å². The molecule has 0 aromatic carbocycles. The van der Waals surface area contributed by atoms with E-state index in [0.29, 0.717) is 6.54 Å². The van der Waals surface area contributed by atoms with Crippen LogP contribution in [0.1, 0.15) is 6.92 Å². The molecule has 6 heteroatoms. The van der Waals surface area contributed by atoms with Gasteiger partial charge in [-0.3, -0.25) is 4.79 Å². The second-order valence-corrected chi connectivity index (χ2v) is 4.39. The van der Waals surface area contributed by atoms with Crippen molar-refractivity contribution in [3.63, 3.8) is 0 Å². The highest BCUT2D eigenvalue weighted by Gasteiger charge is 2.47. The van der Waals surface area contributed by atoms with E-state index in [0.717, 1.165) is 0 Å². The van der Waals surface area contributed by atoms with Crippen molar-refractivity contribution >= 4 is 5.91 Å². The molecule has 1 fully saturated rings. The summed E-state index contributed by atoms with van der Waals surface area (Å²) in [5.41, 5.74) is 0. The number of aliphatic hydroxyl groups excluding tert-OH is 3. The van der Waals surface area contributed by atoms with Gasteiger partial charge in [-0.05, 0) is 0 Å². The van der Waals surface area contributed by atoms with Gasteiger partial charge in [0.05, 0.1) is 18.8 Å². The summed E-state index contributed by atoms with van der Waals surface area (Å²) in [7, 11) is 0. The molecule has 3 N–H and O–H groups in total. The lowest BCUT2D eigenvalue weighted by molar-refractivity contribution is -0.204. The van der Waals surface area contributed by atoms with Crippen molar-refractivity contribution in [3.05, 3.63) is 12.2 Å². The largest absolute Gasteiger partial charge is 0.394 e. The van der Waals surface area contributed by atoms with E-state index in [1.807, 2.05) is 0 Å². The number of ether oxygens (including phenoxy) is 1. The Morgan fingerprint density at radius 1 is 1.47 bits per heavy atom. The van der Waals surface area contributed by atoms with Gasteiger partial charge in [0, 0.05) is 13.5 Å². The Labute approximate surface area is 99.1 Å². The highest BCUT2D eigenvalue weighted by Crippen LogP contribution is 2.28. The smallest absolute Gasteiger partial charge is 0.220 e. The van der Waals surface area contributed by atoms with E-state index in [1.54, 1.807) is 12.2 Å². The summed E-state index contributed by atoms with van der Waals surface area (Å²) < 4.78 is 5.46. The summed E-state index contributed by atoms with van der Waals surface area (Å²) in [6.07, 6.45) is -0.0659. The molecule has 1 saturated heterocycles. The molecule has 0 aliphatic carbocycles. The SMILES string of the molecule is CC(=O)N1CC=C[C@H]2O[C@H](CO)[C@H](O)[C@H](O)[C@H]21. The fraction of sp³-hybridized carbons (Fsp3) is 0.727. The molecule has 2 aliphatic heterocycles. The monoisotopic (exact) mass is 243 g/mol. The Kier molecular flexibility index (Phi) is 3.48. The molecule has 5 atom stereocenters. The van der Waals surface area contributed by atoms with Gasteiger partial charge in [0.2, 0.25) is 5.91 Å². The molecule has 17 heavy (non-hydrogen) atoms. The standard InChI is InChI=1S/C11H17NO5/c1-6(14)12-4-2-3-7-9(12)11(16)10(15)8(5-13)17-7/h2-3,7-11,13,15-16H,4-5H2,1H3/t7-,8-,9+,10+,11-/m1/s1. The van der Waals surface area contributed by atoms with Crippen molar-refractivity contribution in [1.82, 2.24) is 4.90 Å². The lowest BCUT2D eigenvalue weighted by atomic mass is 9.89. The zero-order chi connectivity index (χ0) is 12.6. The zero-order valence-electron chi connectivity index (χ0n) is 9.56. The van der Waals surface area contributed by atoms with Gasteiger partial charge in [-0.2, -0.15) is 0 Å². The number of nitrogens with zero attached hydrogens (tertiary/aromatic N) is 1. The third kappa shape index (κ3) is 2.09. The van der Waals surface area contributed by atoms with Crippen LogP contribution in [0.25, 0.3) is 0 Å². The van der Waals surface area contributed by atoms with Crippen LogP contribution in [0.3, 0.4) is 0 Å². The quantitative estimate of drug-likeness (QED) is 0.475. The molecular formula is C11H17NO5. The molecule has 2 heterocycles. The van der Waals surface area contributed by atoms with E-state index in [1.165, 1.54) is 11.8 Å². The van der Waals surface area contributed by atoms with Gasteiger partial charge in [0.1, 0.15) is 18.3 Å². The highest BCUT2D eigenvalue weighted by atomic mass is 16.5. The fourth-order valence-corrected chi connectivity index (χ4v) is 2.42. The van der Waals surface area contributed by atoms with Crippen molar-refractivity contribution < 1.29 is 24.9 Å². The molecule has 0 saturated carbocycles. The number of hydrogen-bond donors (Lipinski definition) is 3. The second kappa shape index (κ2) is 4.73. The van der Waals surface area contributed by atoms with Crippen LogP contribution in [0.2, 0.25) is 0 Å². The van der Waals surface area contributed by atoms with Crippen molar-refractivity contribution in [2.45, 2.75) is 37.4 Å². The summed E-state index contributed by atoms with van der Waals surface area (Å²) in [5, 5.41) is 28.8.